The molecule has 2 amide bonds. The molecule has 0 aliphatic heterocycles. The first kappa shape index (κ1) is 26.3. The van der Waals surface area contributed by atoms with E-state index in [1.54, 1.807) is 28.9 Å². The second-order valence-electron chi connectivity index (χ2n) is 10.2. The summed E-state index contributed by atoms with van der Waals surface area (Å²) in [7, 11) is 0. The average molecular weight is 524 g/mol. The fraction of sp³-hybridized carbons (Fsp3) is 0.323. The number of rotatable bonds is 8. The van der Waals surface area contributed by atoms with Crippen LogP contribution in [-0.4, -0.2) is 38.6 Å². The van der Waals surface area contributed by atoms with Gasteiger partial charge in [-0.2, -0.15) is 0 Å². The van der Waals surface area contributed by atoms with Crippen molar-refractivity contribution in [1.82, 2.24) is 20.3 Å². The molecule has 1 aliphatic carbocycles. The third kappa shape index (κ3) is 5.74. The van der Waals surface area contributed by atoms with Crippen LogP contribution in [0, 0.1) is 6.92 Å². The number of nitrogens with zero attached hydrogens (tertiary/aromatic N) is 4. The van der Waals surface area contributed by atoms with Gasteiger partial charge in [0, 0.05) is 17.3 Å². The van der Waals surface area contributed by atoms with E-state index in [-0.39, 0.29) is 30.2 Å². The van der Waals surface area contributed by atoms with Crippen molar-refractivity contribution < 1.29 is 14.4 Å². The molecular weight excluding hydrogens is 490 g/mol. The number of hydrogen-bond acceptors (Lipinski definition) is 5. The molecule has 200 valence electrons. The van der Waals surface area contributed by atoms with Crippen LogP contribution in [0.1, 0.15) is 66.6 Å². The second kappa shape index (κ2) is 11.6. The van der Waals surface area contributed by atoms with Crippen LogP contribution < -0.4 is 10.2 Å². The van der Waals surface area contributed by atoms with Crippen molar-refractivity contribution in [3.63, 3.8) is 0 Å². The van der Waals surface area contributed by atoms with Crippen molar-refractivity contribution in [2.45, 2.75) is 64.6 Å². The monoisotopic (exact) mass is 523 g/mol. The van der Waals surface area contributed by atoms with E-state index in [0.29, 0.717) is 16.8 Å². The van der Waals surface area contributed by atoms with Crippen molar-refractivity contribution in [3.05, 3.63) is 89.5 Å². The predicted molar refractivity (Wildman–Crippen MR) is 150 cm³/mol. The van der Waals surface area contributed by atoms with Crippen molar-refractivity contribution in [2.24, 2.45) is 0 Å². The van der Waals surface area contributed by atoms with Crippen LogP contribution in [0.2, 0.25) is 0 Å². The zero-order valence-electron chi connectivity index (χ0n) is 22.3. The Morgan fingerprint density at radius 2 is 1.72 bits per heavy atom. The SMILES string of the molecule is CC(=O)c1cccc(N(C(=O)Cn2nnc3ccccc32)[C@H](C(=O)NC2CCCCC2)c2ccccc2C)c1. The van der Waals surface area contributed by atoms with Crippen molar-refractivity contribution >= 4 is 34.3 Å². The maximum atomic E-state index is 14.2. The molecule has 1 N–H and O–H groups in total. The van der Waals surface area contributed by atoms with Crippen LogP contribution in [0.3, 0.4) is 0 Å². The zero-order valence-corrected chi connectivity index (χ0v) is 22.3. The molecule has 0 unspecified atom stereocenters. The summed E-state index contributed by atoms with van der Waals surface area (Å²) in [6.07, 6.45) is 5.16. The van der Waals surface area contributed by atoms with E-state index in [2.05, 4.69) is 15.6 Å². The van der Waals surface area contributed by atoms with Crippen LogP contribution in [0.5, 0.6) is 0 Å². The van der Waals surface area contributed by atoms with Gasteiger partial charge in [-0.05, 0) is 62.1 Å². The van der Waals surface area contributed by atoms with Gasteiger partial charge in [0.1, 0.15) is 18.1 Å². The number of carbonyl (C=O) groups excluding carboxylic acids is 3. The fourth-order valence-corrected chi connectivity index (χ4v) is 5.37. The number of nitrogens with one attached hydrogen (secondary N) is 1. The van der Waals surface area contributed by atoms with Gasteiger partial charge in [0.2, 0.25) is 11.8 Å². The topological polar surface area (TPSA) is 97.2 Å². The summed E-state index contributed by atoms with van der Waals surface area (Å²) in [6, 6.07) is 21.1. The maximum Gasteiger partial charge on any atom is 0.249 e. The highest BCUT2D eigenvalue weighted by Gasteiger charge is 2.35. The molecular formula is C31H33N5O3. The van der Waals surface area contributed by atoms with Gasteiger partial charge in [-0.25, -0.2) is 4.68 Å². The minimum atomic E-state index is -0.933. The molecule has 1 atom stereocenters. The Labute approximate surface area is 228 Å². The number of aryl methyl sites for hydroxylation is 1. The van der Waals surface area contributed by atoms with Gasteiger partial charge in [0.25, 0.3) is 0 Å². The lowest BCUT2D eigenvalue weighted by atomic mass is 9.93. The first-order valence-electron chi connectivity index (χ1n) is 13.5. The number of aromatic nitrogens is 3. The van der Waals surface area contributed by atoms with E-state index in [1.807, 2.05) is 55.5 Å². The summed E-state index contributed by atoms with van der Waals surface area (Å²) >= 11 is 0. The molecule has 4 aromatic rings. The molecule has 0 saturated heterocycles. The number of Topliss-reactive ketones (excluding diaryl/α,β-unsaturated/α-hetero) is 1. The highest BCUT2D eigenvalue weighted by atomic mass is 16.2. The minimum absolute atomic E-state index is 0.0672. The van der Waals surface area contributed by atoms with Crippen molar-refractivity contribution in [3.8, 4) is 0 Å². The van der Waals surface area contributed by atoms with Gasteiger partial charge in [0.15, 0.2) is 5.78 Å². The largest absolute Gasteiger partial charge is 0.351 e. The number of benzene rings is 3. The molecule has 1 heterocycles. The van der Waals surface area contributed by atoms with Gasteiger partial charge in [-0.1, -0.05) is 73.0 Å². The van der Waals surface area contributed by atoms with E-state index in [1.165, 1.54) is 18.2 Å². The lowest BCUT2D eigenvalue weighted by Crippen LogP contribution is -2.48. The highest BCUT2D eigenvalue weighted by molar-refractivity contribution is 6.03. The van der Waals surface area contributed by atoms with Gasteiger partial charge >= 0.3 is 0 Å². The normalized spacial score (nSPS) is 14.6. The molecule has 0 radical (unpaired) electrons. The molecule has 1 aliphatic rings. The van der Waals surface area contributed by atoms with E-state index in [0.717, 1.165) is 42.3 Å². The molecule has 5 rings (SSSR count). The number of hydrogen-bond donors (Lipinski definition) is 1. The first-order chi connectivity index (χ1) is 18.9. The number of ketones is 1. The molecule has 1 fully saturated rings. The number of anilines is 1. The van der Waals surface area contributed by atoms with E-state index < -0.39 is 6.04 Å². The van der Waals surface area contributed by atoms with Crippen LogP contribution in [-0.2, 0) is 16.1 Å². The average Bonchev–Trinajstić information content (AvgIpc) is 3.35. The zero-order chi connectivity index (χ0) is 27.4. The number of para-hydroxylation sites is 1. The van der Waals surface area contributed by atoms with E-state index in [4.69, 9.17) is 0 Å². The Morgan fingerprint density at radius 3 is 2.49 bits per heavy atom. The maximum absolute atomic E-state index is 14.2. The van der Waals surface area contributed by atoms with Crippen LogP contribution in [0.15, 0.2) is 72.8 Å². The minimum Gasteiger partial charge on any atom is -0.351 e. The Kier molecular flexibility index (Phi) is 7.81. The molecule has 3 aromatic carbocycles. The third-order valence-corrected chi connectivity index (χ3v) is 7.45. The van der Waals surface area contributed by atoms with E-state index in [9.17, 15) is 14.4 Å². The van der Waals surface area contributed by atoms with Crippen molar-refractivity contribution in [2.75, 3.05) is 4.90 Å². The Hall–Kier alpha value is -4.33. The molecule has 1 aromatic heterocycles. The lowest BCUT2D eigenvalue weighted by Gasteiger charge is -2.34. The Balaban J connectivity index is 1.60. The molecule has 8 heteroatoms. The summed E-state index contributed by atoms with van der Waals surface area (Å²) in [5.74, 6) is -0.690. The number of amides is 2. The van der Waals surface area contributed by atoms with Gasteiger partial charge in [-0.3, -0.25) is 19.3 Å². The second-order valence-corrected chi connectivity index (χ2v) is 10.2. The molecule has 1 saturated carbocycles. The van der Waals surface area contributed by atoms with Crippen LogP contribution >= 0.6 is 0 Å². The van der Waals surface area contributed by atoms with Gasteiger partial charge in [0.05, 0.1) is 5.52 Å². The van der Waals surface area contributed by atoms with Gasteiger partial charge < -0.3 is 5.32 Å². The molecule has 39 heavy (non-hydrogen) atoms. The number of carbonyl (C=O) groups is 3. The Bertz CT molecular complexity index is 1500. The summed E-state index contributed by atoms with van der Waals surface area (Å²) in [5, 5.41) is 11.6. The summed E-state index contributed by atoms with van der Waals surface area (Å²) in [4.78, 5) is 42.1. The lowest BCUT2D eigenvalue weighted by molar-refractivity contribution is -0.127. The quantitative estimate of drug-likeness (QED) is 0.322. The first-order valence-corrected chi connectivity index (χ1v) is 13.5. The third-order valence-electron chi connectivity index (χ3n) is 7.45. The molecule has 0 spiro atoms. The summed E-state index contributed by atoms with van der Waals surface area (Å²) < 4.78 is 1.55. The Morgan fingerprint density at radius 1 is 0.974 bits per heavy atom. The van der Waals surface area contributed by atoms with E-state index >= 15 is 0 Å². The molecule has 0 bridgehead atoms. The smallest absolute Gasteiger partial charge is 0.249 e. The van der Waals surface area contributed by atoms with Crippen LogP contribution in [0.25, 0.3) is 11.0 Å². The van der Waals surface area contributed by atoms with Crippen molar-refractivity contribution in [1.29, 1.82) is 0 Å². The standard InChI is InChI=1S/C31H33N5O3/c1-21-11-6-7-16-26(21)30(31(39)32-24-13-4-3-5-14-24)36(25-15-10-12-23(19-25)22(2)37)29(38)20-35-28-18-9-8-17-27(28)33-34-35/h6-12,15-19,24,30H,3-5,13-14,20H2,1-2H3,(H,32,39)/t30-/m0/s1. The van der Waals surface area contributed by atoms with Gasteiger partial charge in [-0.15, -0.1) is 5.10 Å². The summed E-state index contributed by atoms with van der Waals surface area (Å²) in [6.45, 7) is 3.31. The number of fused-ring (bicyclic) bond motifs is 1. The summed E-state index contributed by atoms with van der Waals surface area (Å²) in [5.41, 5.74) is 3.98. The highest BCUT2D eigenvalue weighted by Crippen LogP contribution is 2.32. The fourth-order valence-electron chi connectivity index (χ4n) is 5.37. The van der Waals surface area contributed by atoms with Crippen LogP contribution in [0.4, 0.5) is 5.69 Å². The molecule has 8 nitrogen and oxygen atoms in total. The predicted octanol–water partition coefficient (Wildman–Crippen LogP) is 5.17.